The van der Waals surface area contributed by atoms with Gasteiger partial charge in [-0.25, -0.2) is 4.79 Å². The van der Waals surface area contributed by atoms with Crippen LogP contribution in [0.2, 0.25) is 0 Å². The van der Waals surface area contributed by atoms with Gasteiger partial charge in [0.15, 0.2) is 0 Å². The third kappa shape index (κ3) is 16.8. The van der Waals surface area contributed by atoms with Crippen LogP contribution in [-0.2, 0) is 44.8 Å². The van der Waals surface area contributed by atoms with Crippen molar-refractivity contribution >= 4 is 71.7 Å². The molecule has 17 nitrogen and oxygen atoms in total. The lowest BCUT2D eigenvalue weighted by Gasteiger charge is -2.32. The molecule has 1 aliphatic rings. The molecule has 0 saturated carbocycles. The van der Waals surface area contributed by atoms with E-state index in [4.69, 9.17) is 5.73 Å². The Balaban J connectivity index is 2.37. The first-order chi connectivity index (χ1) is 28.7. The highest BCUT2D eigenvalue weighted by atomic mass is 32.2. The predicted octanol–water partition coefficient (Wildman–Crippen LogP) is 0.992. The van der Waals surface area contributed by atoms with Crippen molar-refractivity contribution in [1.29, 1.82) is 0 Å². The molecule has 9 atom stereocenters. The fourth-order valence-electron chi connectivity index (χ4n) is 6.76. The minimum Gasteiger partial charge on any atom is -0.480 e. The highest BCUT2D eigenvalue weighted by Crippen LogP contribution is 2.22. The molecule has 61 heavy (non-hydrogen) atoms. The van der Waals surface area contributed by atoms with E-state index in [1.165, 1.54) is 23.6 Å². The van der Waals surface area contributed by atoms with E-state index in [9.17, 15) is 43.5 Å². The molecule has 1 aliphatic heterocycles. The van der Waals surface area contributed by atoms with Crippen LogP contribution < -0.4 is 37.6 Å². The molecule has 1 fully saturated rings. The number of benzene rings is 1. The zero-order valence-electron chi connectivity index (χ0n) is 36.7. The first kappa shape index (κ1) is 52.8. The van der Waals surface area contributed by atoms with Crippen molar-refractivity contribution in [3.63, 3.8) is 0 Å². The molecule has 342 valence electrons. The summed E-state index contributed by atoms with van der Waals surface area (Å²) in [4.78, 5) is 109. The number of hydrogen-bond acceptors (Lipinski definition) is 11. The average Bonchev–Trinajstić information content (AvgIpc) is 3.71. The minimum atomic E-state index is -1.28. The van der Waals surface area contributed by atoms with Crippen molar-refractivity contribution in [1.82, 2.24) is 36.8 Å². The van der Waals surface area contributed by atoms with Gasteiger partial charge >= 0.3 is 5.97 Å². The molecule has 0 unspecified atom stereocenters. The molecule has 1 aromatic rings. The Labute approximate surface area is 369 Å². The van der Waals surface area contributed by atoms with Crippen LogP contribution in [0.4, 0.5) is 0 Å². The molecule has 1 saturated heterocycles. The van der Waals surface area contributed by atoms with Crippen molar-refractivity contribution in [2.24, 2.45) is 23.5 Å². The van der Waals surface area contributed by atoms with Gasteiger partial charge in [-0.1, -0.05) is 78.3 Å². The van der Waals surface area contributed by atoms with Crippen LogP contribution in [0.5, 0.6) is 0 Å². The Morgan fingerprint density at radius 1 is 0.787 bits per heavy atom. The Hall–Kier alpha value is -4.36. The molecule has 0 aromatic heterocycles. The summed E-state index contributed by atoms with van der Waals surface area (Å²) < 4.78 is 0. The average molecular weight is 893 g/mol. The highest BCUT2D eigenvalue weighted by molar-refractivity contribution is 7.98. The van der Waals surface area contributed by atoms with Gasteiger partial charge in [0.05, 0.1) is 6.04 Å². The number of amides is 7. The molecule has 2 rings (SSSR count). The number of aliphatic carboxylic acids is 1. The van der Waals surface area contributed by atoms with Gasteiger partial charge < -0.3 is 47.6 Å². The fourth-order valence-corrected chi connectivity index (χ4v) is 7.48. The zero-order chi connectivity index (χ0) is 46.0. The quantitative estimate of drug-likeness (QED) is 0.0626. The number of nitrogens with zero attached hydrogens (tertiary/aromatic N) is 1. The summed E-state index contributed by atoms with van der Waals surface area (Å²) in [6.45, 7) is 12.7. The topological polar surface area (TPSA) is 258 Å². The number of carbonyl (C=O) groups is 8. The van der Waals surface area contributed by atoms with Gasteiger partial charge in [-0.05, 0) is 67.9 Å². The molecular formula is C42H68N8O9S2. The molecule has 1 aromatic carbocycles. The van der Waals surface area contributed by atoms with E-state index in [0.717, 1.165) is 0 Å². The van der Waals surface area contributed by atoms with E-state index in [-0.39, 0.29) is 43.4 Å². The Bertz CT molecular complexity index is 1650. The summed E-state index contributed by atoms with van der Waals surface area (Å²) in [7, 11) is 0. The van der Waals surface area contributed by atoms with Gasteiger partial charge in [-0.15, -0.1) is 0 Å². The number of nitrogens with two attached hydrogens (primary N) is 1. The van der Waals surface area contributed by atoms with Gasteiger partial charge in [0, 0.05) is 18.7 Å². The lowest BCUT2D eigenvalue weighted by Crippen LogP contribution is -2.61. The van der Waals surface area contributed by atoms with Crippen molar-refractivity contribution in [3.05, 3.63) is 35.9 Å². The van der Waals surface area contributed by atoms with E-state index in [1.807, 2.05) is 34.0 Å². The predicted molar refractivity (Wildman–Crippen MR) is 238 cm³/mol. The lowest BCUT2D eigenvalue weighted by atomic mass is 9.96. The second-order valence-corrected chi connectivity index (χ2v) is 17.8. The lowest BCUT2D eigenvalue weighted by molar-refractivity contribution is -0.143. The smallest absolute Gasteiger partial charge is 0.327 e. The molecule has 7 amide bonds. The van der Waals surface area contributed by atoms with Crippen molar-refractivity contribution < 1.29 is 43.5 Å². The van der Waals surface area contributed by atoms with Crippen molar-refractivity contribution in [2.45, 2.75) is 135 Å². The van der Waals surface area contributed by atoms with Crippen LogP contribution >= 0.6 is 24.4 Å². The molecule has 0 spiro atoms. The highest BCUT2D eigenvalue weighted by Gasteiger charge is 2.41. The number of carbonyl (C=O) groups excluding carboxylic acids is 7. The molecule has 0 radical (unpaired) electrons. The third-order valence-corrected chi connectivity index (χ3v) is 11.6. The Morgan fingerprint density at radius 2 is 1.36 bits per heavy atom. The number of nitrogens with one attached hydrogen (secondary N) is 6. The number of carboxylic acids is 1. The second kappa shape index (κ2) is 26.2. The summed E-state index contributed by atoms with van der Waals surface area (Å²) in [5.41, 5.74) is 6.48. The third-order valence-electron chi connectivity index (χ3n) is 10.6. The van der Waals surface area contributed by atoms with E-state index in [2.05, 4.69) is 44.5 Å². The molecule has 19 heteroatoms. The van der Waals surface area contributed by atoms with E-state index in [0.29, 0.717) is 30.6 Å². The van der Waals surface area contributed by atoms with Crippen molar-refractivity contribution in [2.75, 3.05) is 24.3 Å². The Morgan fingerprint density at radius 3 is 1.90 bits per heavy atom. The van der Waals surface area contributed by atoms with Crippen LogP contribution in [0.25, 0.3) is 0 Å². The minimum absolute atomic E-state index is 0.0291. The van der Waals surface area contributed by atoms with Gasteiger partial charge in [0.2, 0.25) is 41.4 Å². The summed E-state index contributed by atoms with van der Waals surface area (Å²) in [6.07, 6.45) is 3.69. The number of hydrogen-bond donors (Lipinski definition) is 9. The number of thiol groups is 1. The monoisotopic (exact) mass is 892 g/mol. The zero-order valence-corrected chi connectivity index (χ0v) is 38.4. The van der Waals surface area contributed by atoms with Gasteiger partial charge in [0.1, 0.15) is 42.3 Å². The molecule has 1 heterocycles. The molecule has 0 aliphatic carbocycles. The molecule has 0 bridgehead atoms. The SMILES string of the molecule is CC[C@H](C)[C@H](NC(=O)[C@H](C)N)C(=O)N1CCC[C@H]1C(=O)N[C@@H](CC(C)C)C(=O)N[C@@H](Cc1ccccc1)C(=O)N[C@H](C(=O)N[C@@H](CCSC)C(=O)N[C@@H](CS)C(=O)O)C(C)C. The number of rotatable bonds is 25. The maximum Gasteiger partial charge on any atom is 0.327 e. The normalized spacial score (nSPS) is 17.8. The number of likely N-dealkylation sites (tertiary alicyclic amines) is 1. The van der Waals surface area contributed by atoms with Crippen LogP contribution in [0, 0.1) is 17.8 Å². The van der Waals surface area contributed by atoms with Gasteiger partial charge in [-0.3, -0.25) is 33.6 Å². The molecular weight excluding hydrogens is 825 g/mol. The van der Waals surface area contributed by atoms with E-state index < -0.39 is 102 Å². The number of carboxylic acid groups (broad SMARTS) is 1. The van der Waals surface area contributed by atoms with Gasteiger partial charge in [-0.2, -0.15) is 24.4 Å². The largest absolute Gasteiger partial charge is 0.480 e. The van der Waals surface area contributed by atoms with Crippen molar-refractivity contribution in [3.8, 4) is 0 Å². The Kier molecular flexibility index (Phi) is 22.7. The van der Waals surface area contributed by atoms with Crippen LogP contribution in [0.3, 0.4) is 0 Å². The van der Waals surface area contributed by atoms with Crippen LogP contribution in [0.1, 0.15) is 86.1 Å². The summed E-state index contributed by atoms with van der Waals surface area (Å²) in [5.74, 6) is -5.95. The maximum atomic E-state index is 14.2. The van der Waals surface area contributed by atoms with Crippen LogP contribution in [0.15, 0.2) is 30.3 Å². The standard InChI is InChI=1S/C42H68N8O9S2/c1-9-25(6)34(49-35(51)26(7)43)41(57)50-18-13-16-32(50)39(55)46-29(20-23(2)3)37(53)45-30(21-27-14-11-10-12-15-27)38(54)48-33(24(4)5)40(56)44-28(17-19-61-8)36(52)47-31(22-60)42(58)59/h10-12,14-15,23-26,28-34,60H,9,13,16-22,43H2,1-8H3,(H,44,56)(H,45,53)(H,46,55)(H,47,52)(H,48,54)(H,49,51)(H,58,59)/t25-,26-,28-,29-,30-,31-,32-,33-,34-/m0/s1. The first-order valence-corrected chi connectivity index (χ1v) is 23.0. The maximum absolute atomic E-state index is 14.2. The summed E-state index contributed by atoms with van der Waals surface area (Å²) >= 11 is 5.44. The number of thioether (sulfide) groups is 1. The first-order valence-electron chi connectivity index (χ1n) is 21.0. The van der Waals surface area contributed by atoms with E-state index >= 15 is 0 Å². The van der Waals surface area contributed by atoms with Gasteiger partial charge in [0.25, 0.3) is 0 Å². The fraction of sp³-hybridized carbons (Fsp3) is 0.667. The van der Waals surface area contributed by atoms with E-state index in [1.54, 1.807) is 44.2 Å². The molecule has 9 N–H and O–H groups in total. The second-order valence-electron chi connectivity index (χ2n) is 16.4. The summed E-state index contributed by atoms with van der Waals surface area (Å²) in [6, 6.07) is 0.408. The van der Waals surface area contributed by atoms with Crippen LogP contribution in [-0.4, -0.2) is 130 Å². The summed E-state index contributed by atoms with van der Waals surface area (Å²) in [5, 5.41) is 25.7.